The number of hydrogen-bond acceptors (Lipinski definition) is 6. The fourth-order valence-electron chi connectivity index (χ4n) is 3.01. The molecule has 0 unspecified atom stereocenters. The van der Waals surface area contributed by atoms with E-state index in [1.54, 1.807) is 42.5 Å². The van der Waals surface area contributed by atoms with Gasteiger partial charge in [-0.2, -0.15) is 0 Å². The first kappa shape index (κ1) is 22.8. The fraction of sp³-hybridized carbons (Fsp3) is 0.0800. The topological polar surface area (TPSA) is 77.0 Å². The van der Waals surface area contributed by atoms with Crippen LogP contribution in [-0.4, -0.2) is 23.7 Å². The lowest BCUT2D eigenvalue weighted by atomic mass is 10.1. The van der Waals surface area contributed by atoms with Crippen molar-refractivity contribution in [3.05, 3.63) is 93.3 Å². The largest absolute Gasteiger partial charge is 0.490 e. The van der Waals surface area contributed by atoms with Crippen LogP contribution < -0.4 is 14.8 Å². The molecule has 4 rings (SSSR count). The second-order valence-corrected chi connectivity index (χ2v) is 8.72. The van der Waals surface area contributed by atoms with Crippen LogP contribution in [0.2, 0.25) is 0 Å². The van der Waals surface area contributed by atoms with Crippen LogP contribution in [-0.2, 0) is 4.79 Å². The van der Waals surface area contributed by atoms with Gasteiger partial charge in [-0.25, -0.2) is 9.79 Å². The van der Waals surface area contributed by atoms with E-state index in [2.05, 4.69) is 26.2 Å². The molecule has 6 nitrogen and oxygen atoms in total. The number of halogens is 1. The van der Waals surface area contributed by atoms with Crippen LogP contribution in [0.5, 0.6) is 11.5 Å². The Labute approximate surface area is 203 Å². The van der Waals surface area contributed by atoms with E-state index >= 15 is 0 Å². The average molecular weight is 523 g/mol. The van der Waals surface area contributed by atoms with Crippen molar-refractivity contribution >= 4 is 56.5 Å². The number of nitrogens with zero attached hydrogens (tertiary/aromatic N) is 1. The van der Waals surface area contributed by atoms with E-state index < -0.39 is 5.97 Å². The first-order valence-electron chi connectivity index (χ1n) is 10.1. The zero-order chi connectivity index (χ0) is 23.2. The summed E-state index contributed by atoms with van der Waals surface area (Å²) >= 11 is 4.73. The summed E-state index contributed by atoms with van der Waals surface area (Å²) in [5.41, 5.74) is 1.90. The maximum atomic E-state index is 12.5. The second-order valence-electron chi connectivity index (χ2n) is 6.84. The molecule has 8 heteroatoms. The lowest BCUT2D eigenvalue weighted by Crippen LogP contribution is -2.19. The van der Waals surface area contributed by atoms with Crippen LogP contribution in [0, 0.1) is 0 Å². The number of hydrogen-bond donors (Lipinski definition) is 1. The molecule has 1 saturated heterocycles. The summed E-state index contributed by atoms with van der Waals surface area (Å²) in [4.78, 5) is 29.9. The Kier molecular flexibility index (Phi) is 7.26. The first-order valence-corrected chi connectivity index (χ1v) is 11.7. The van der Waals surface area contributed by atoms with E-state index in [-0.39, 0.29) is 11.7 Å². The SMILES string of the molecule is CCOc1cc(/C=C2\SC(=Nc3ccccc3)NC2=O)cc(Br)c1OC(=O)c1ccccc1. The lowest BCUT2D eigenvalue weighted by Gasteiger charge is -2.13. The zero-order valence-electron chi connectivity index (χ0n) is 17.6. The van der Waals surface area contributed by atoms with Gasteiger partial charge in [-0.05, 0) is 82.7 Å². The maximum Gasteiger partial charge on any atom is 0.343 e. The molecule has 0 radical (unpaired) electrons. The fourth-order valence-corrected chi connectivity index (χ4v) is 4.39. The molecule has 0 atom stereocenters. The number of esters is 1. The maximum absolute atomic E-state index is 12.5. The third-order valence-electron chi connectivity index (χ3n) is 4.47. The molecule has 1 amide bonds. The van der Waals surface area contributed by atoms with Crippen LogP contribution in [0.1, 0.15) is 22.8 Å². The van der Waals surface area contributed by atoms with Crippen molar-refractivity contribution in [1.82, 2.24) is 5.32 Å². The van der Waals surface area contributed by atoms with E-state index in [1.165, 1.54) is 11.8 Å². The van der Waals surface area contributed by atoms with E-state index in [9.17, 15) is 9.59 Å². The number of para-hydroxylation sites is 1. The molecule has 1 aliphatic rings. The molecular weight excluding hydrogens is 504 g/mol. The highest BCUT2D eigenvalue weighted by molar-refractivity contribution is 9.10. The summed E-state index contributed by atoms with van der Waals surface area (Å²) in [6, 6.07) is 21.6. The van der Waals surface area contributed by atoms with Gasteiger partial charge in [0.1, 0.15) is 0 Å². The van der Waals surface area contributed by atoms with Gasteiger partial charge >= 0.3 is 5.97 Å². The number of carbonyl (C=O) groups is 2. The molecule has 0 saturated carbocycles. The Morgan fingerprint density at radius 2 is 1.79 bits per heavy atom. The van der Waals surface area contributed by atoms with Crippen LogP contribution >= 0.6 is 27.7 Å². The van der Waals surface area contributed by atoms with Crippen molar-refractivity contribution in [3.63, 3.8) is 0 Å². The summed E-state index contributed by atoms with van der Waals surface area (Å²) in [6.45, 7) is 2.22. The van der Waals surface area contributed by atoms with Crippen molar-refractivity contribution in [1.29, 1.82) is 0 Å². The summed E-state index contributed by atoms with van der Waals surface area (Å²) in [6.07, 6.45) is 1.74. The number of ether oxygens (including phenoxy) is 2. The van der Waals surface area contributed by atoms with Gasteiger partial charge in [0.05, 0.1) is 27.2 Å². The standard InChI is InChI=1S/C25H19BrN2O4S/c1-2-31-20-14-16(13-19(26)22(20)32-24(30)17-9-5-3-6-10-17)15-21-23(29)28-25(33-21)27-18-11-7-4-8-12-18/h3-15H,2H2,1H3,(H,27,28,29)/b21-15-. The molecule has 3 aromatic rings. The molecule has 0 aromatic heterocycles. The molecule has 33 heavy (non-hydrogen) atoms. The van der Waals surface area contributed by atoms with Crippen molar-refractivity contribution in [3.8, 4) is 11.5 Å². The van der Waals surface area contributed by atoms with Crippen LogP contribution in [0.15, 0.2) is 87.2 Å². The predicted molar refractivity (Wildman–Crippen MR) is 134 cm³/mol. The van der Waals surface area contributed by atoms with Gasteiger partial charge in [0.25, 0.3) is 5.91 Å². The van der Waals surface area contributed by atoms with Gasteiger partial charge < -0.3 is 14.8 Å². The molecule has 1 heterocycles. The Morgan fingerprint density at radius 1 is 1.09 bits per heavy atom. The minimum atomic E-state index is -0.490. The lowest BCUT2D eigenvalue weighted by molar-refractivity contribution is -0.115. The number of aliphatic imine (C=N–C) groups is 1. The predicted octanol–water partition coefficient (Wildman–Crippen LogP) is 5.96. The van der Waals surface area contributed by atoms with Gasteiger partial charge in [0.15, 0.2) is 16.7 Å². The molecule has 0 aliphatic carbocycles. The number of nitrogens with one attached hydrogen (secondary N) is 1. The van der Waals surface area contributed by atoms with E-state index in [4.69, 9.17) is 9.47 Å². The molecule has 166 valence electrons. The zero-order valence-corrected chi connectivity index (χ0v) is 20.0. The second kappa shape index (κ2) is 10.5. The minimum absolute atomic E-state index is 0.233. The van der Waals surface area contributed by atoms with Gasteiger partial charge in [0.2, 0.25) is 0 Å². The Balaban J connectivity index is 1.59. The van der Waals surface area contributed by atoms with Crippen molar-refractivity contribution in [2.75, 3.05) is 6.61 Å². The molecule has 3 aromatic carbocycles. The number of carbonyl (C=O) groups excluding carboxylic acids is 2. The third kappa shape index (κ3) is 5.71. The molecule has 1 aliphatic heterocycles. The molecule has 1 fully saturated rings. The van der Waals surface area contributed by atoms with Crippen LogP contribution in [0.4, 0.5) is 5.69 Å². The quantitative estimate of drug-likeness (QED) is 0.245. The van der Waals surface area contributed by atoms with Crippen molar-refractivity contribution in [2.45, 2.75) is 6.92 Å². The van der Waals surface area contributed by atoms with Crippen molar-refractivity contribution < 1.29 is 19.1 Å². The van der Waals surface area contributed by atoms with Gasteiger partial charge in [-0.1, -0.05) is 36.4 Å². The number of thioether (sulfide) groups is 1. The summed E-state index contributed by atoms with van der Waals surface area (Å²) < 4.78 is 11.9. The van der Waals surface area contributed by atoms with E-state index in [1.807, 2.05) is 43.3 Å². The van der Waals surface area contributed by atoms with E-state index in [0.717, 1.165) is 5.69 Å². The van der Waals surface area contributed by atoms with Crippen LogP contribution in [0.25, 0.3) is 6.08 Å². The third-order valence-corrected chi connectivity index (χ3v) is 5.97. The number of benzene rings is 3. The Morgan fingerprint density at radius 3 is 2.48 bits per heavy atom. The normalized spacial score (nSPS) is 15.5. The highest BCUT2D eigenvalue weighted by Gasteiger charge is 2.24. The van der Waals surface area contributed by atoms with E-state index in [0.29, 0.717) is 38.0 Å². The summed E-state index contributed by atoms with van der Waals surface area (Å²) in [5, 5.41) is 3.29. The van der Waals surface area contributed by atoms with Crippen molar-refractivity contribution in [2.24, 2.45) is 4.99 Å². The summed E-state index contributed by atoms with van der Waals surface area (Å²) in [7, 11) is 0. The Hall–Kier alpha value is -3.36. The average Bonchev–Trinajstić information content (AvgIpc) is 3.15. The highest BCUT2D eigenvalue weighted by Crippen LogP contribution is 2.39. The van der Waals surface area contributed by atoms with Gasteiger partial charge in [-0.15, -0.1) is 0 Å². The monoisotopic (exact) mass is 522 g/mol. The number of amides is 1. The number of amidine groups is 1. The molecule has 1 N–H and O–H groups in total. The molecular formula is C25H19BrN2O4S. The summed E-state index contributed by atoms with van der Waals surface area (Å²) in [5.74, 6) is -0.0495. The van der Waals surface area contributed by atoms with Crippen LogP contribution in [0.3, 0.4) is 0 Å². The van der Waals surface area contributed by atoms with Gasteiger partial charge in [0, 0.05) is 0 Å². The molecule has 0 spiro atoms. The number of rotatable bonds is 6. The molecule has 0 bridgehead atoms. The smallest absolute Gasteiger partial charge is 0.343 e. The highest BCUT2D eigenvalue weighted by atomic mass is 79.9. The Bertz CT molecular complexity index is 1240. The first-order chi connectivity index (χ1) is 16.0. The van der Waals surface area contributed by atoms with Gasteiger partial charge in [-0.3, -0.25) is 4.79 Å². The minimum Gasteiger partial charge on any atom is -0.490 e.